The Balaban J connectivity index is 1.99. The summed E-state index contributed by atoms with van der Waals surface area (Å²) in [5, 5.41) is 8.98. The molecule has 1 heterocycles. The minimum Gasteiger partial charge on any atom is -0.483 e. The van der Waals surface area contributed by atoms with Gasteiger partial charge in [0.15, 0.2) is 12.7 Å². The van der Waals surface area contributed by atoms with Gasteiger partial charge in [0.1, 0.15) is 5.75 Å². The van der Waals surface area contributed by atoms with Gasteiger partial charge in [0, 0.05) is 6.54 Å². The number of carboxylic acid groups (broad SMARTS) is 1. The van der Waals surface area contributed by atoms with E-state index in [4.69, 9.17) is 14.6 Å². The summed E-state index contributed by atoms with van der Waals surface area (Å²) in [5.41, 5.74) is 0.936. The summed E-state index contributed by atoms with van der Waals surface area (Å²) in [6, 6.07) is 7.63. The maximum Gasteiger partial charge on any atom is 0.334 e. The summed E-state index contributed by atoms with van der Waals surface area (Å²) in [5.74, 6) is -0.610. The van der Waals surface area contributed by atoms with E-state index in [0.717, 1.165) is 5.56 Å². The number of hydrogen-bond acceptors (Lipinski definition) is 4. The quantitative estimate of drug-likeness (QED) is 0.913. The lowest BCUT2D eigenvalue weighted by Crippen LogP contribution is -2.49. The molecular formula is C17H23NO5. The molecule has 2 rings (SSSR count). The van der Waals surface area contributed by atoms with Gasteiger partial charge in [-0.2, -0.15) is 0 Å². The number of carboxylic acids is 1. The van der Waals surface area contributed by atoms with Crippen LogP contribution in [-0.4, -0.2) is 54.3 Å². The molecule has 1 atom stereocenters. The smallest absolute Gasteiger partial charge is 0.334 e. The highest BCUT2D eigenvalue weighted by Crippen LogP contribution is 2.30. The van der Waals surface area contributed by atoms with E-state index in [1.807, 2.05) is 24.3 Å². The molecule has 0 unspecified atom stereocenters. The van der Waals surface area contributed by atoms with Crippen LogP contribution in [0.3, 0.4) is 0 Å². The zero-order chi connectivity index (χ0) is 17.0. The molecule has 126 valence electrons. The van der Waals surface area contributed by atoms with Gasteiger partial charge < -0.3 is 19.5 Å². The second-order valence-corrected chi connectivity index (χ2v) is 6.57. The van der Waals surface area contributed by atoms with E-state index in [1.165, 1.54) is 4.90 Å². The van der Waals surface area contributed by atoms with Crippen molar-refractivity contribution in [1.82, 2.24) is 4.90 Å². The van der Waals surface area contributed by atoms with Gasteiger partial charge >= 0.3 is 5.97 Å². The fraction of sp³-hybridized carbons (Fsp3) is 0.529. The molecule has 1 amide bonds. The number of nitrogens with zero attached hydrogens (tertiary/aromatic N) is 1. The van der Waals surface area contributed by atoms with Crippen LogP contribution < -0.4 is 4.74 Å². The van der Waals surface area contributed by atoms with Crippen LogP contribution in [0.2, 0.25) is 0 Å². The molecule has 1 N–H and O–H groups in total. The van der Waals surface area contributed by atoms with Crippen molar-refractivity contribution in [2.24, 2.45) is 0 Å². The lowest BCUT2D eigenvalue weighted by molar-refractivity contribution is -0.159. The molecule has 6 nitrogen and oxygen atoms in total. The van der Waals surface area contributed by atoms with E-state index in [2.05, 4.69) is 20.8 Å². The topological polar surface area (TPSA) is 76.1 Å². The minimum atomic E-state index is -1.05. The number of morpholine rings is 1. The van der Waals surface area contributed by atoms with Crippen LogP contribution >= 0.6 is 0 Å². The molecule has 1 aliphatic rings. The van der Waals surface area contributed by atoms with Crippen LogP contribution in [0, 0.1) is 0 Å². The fourth-order valence-corrected chi connectivity index (χ4v) is 2.47. The lowest BCUT2D eigenvalue weighted by atomic mass is 9.86. The Bertz CT molecular complexity index is 579. The number of aliphatic carboxylic acids is 1. The summed E-state index contributed by atoms with van der Waals surface area (Å²) in [6.45, 7) is 6.79. The molecule has 0 saturated carbocycles. The first-order valence-electron chi connectivity index (χ1n) is 7.63. The van der Waals surface area contributed by atoms with Crippen molar-refractivity contribution in [2.75, 3.05) is 26.3 Å². The third kappa shape index (κ3) is 4.45. The normalized spacial score (nSPS) is 18.6. The molecule has 1 aromatic rings. The van der Waals surface area contributed by atoms with Crippen molar-refractivity contribution >= 4 is 11.9 Å². The monoisotopic (exact) mass is 321 g/mol. The Morgan fingerprint density at radius 3 is 2.70 bits per heavy atom. The molecule has 1 aliphatic heterocycles. The lowest BCUT2D eigenvalue weighted by Gasteiger charge is -2.31. The molecule has 0 spiro atoms. The molecule has 1 fully saturated rings. The zero-order valence-electron chi connectivity index (χ0n) is 13.7. The van der Waals surface area contributed by atoms with Crippen molar-refractivity contribution in [3.05, 3.63) is 29.8 Å². The van der Waals surface area contributed by atoms with Crippen LogP contribution in [0.1, 0.15) is 26.3 Å². The number of carbonyl (C=O) groups excluding carboxylic acids is 1. The van der Waals surface area contributed by atoms with Crippen molar-refractivity contribution in [3.63, 3.8) is 0 Å². The standard InChI is InChI=1S/C17H23NO5/c1-17(2,3)12-6-4-5-7-13(12)23-11-15(19)18-8-9-22-14(10-18)16(20)21/h4-7,14H,8-11H2,1-3H3,(H,20,21)/t14-/m0/s1. The highest BCUT2D eigenvalue weighted by molar-refractivity contribution is 5.79. The van der Waals surface area contributed by atoms with Gasteiger partial charge in [-0.15, -0.1) is 0 Å². The average molecular weight is 321 g/mol. The Labute approximate surface area is 136 Å². The summed E-state index contributed by atoms with van der Waals surface area (Å²) < 4.78 is 10.8. The van der Waals surface area contributed by atoms with E-state index >= 15 is 0 Å². The van der Waals surface area contributed by atoms with Gasteiger partial charge in [0.25, 0.3) is 5.91 Å². The number of carbonyl (C=O) groups is 2. The first-order valence-corrected chi connectivity index (χ1v) is 7.63. The highest BCUT2D eigenvalue weighted by atomic mass is 16.5. The van der Waals surface area contributed by atoms with Crippen LogP contribution in [-0.2, 0) is 19.7 Å². The maximum atomic E-state index is 12.3. The molecule has 0 bridgehead atoms. The Morgan fingerprint density at radius 1 is 1.35 bits per heavy atom. The van der Waals surface area contributed by atoms with Gasteiger partial charge in [0.2, 0.25) is 0 Å². The molecule has 1 saturated heterocycles. The highest BCUT2D eigenvalue weighted by Gasteiger charge is 2.29. The second-order valence-electron chi connectivity index (χ2n) is 6.57. The minimum absolute atomic E-state index is 0.0540. The number of hydrogen-bond donors (Lipinski definition) is 1. The van der Waals surface area contributed by atoms with Gasteiger partial charge in [0.05, 0.1) is 13.2 Å². The summed E-state index contributed by atoms with van der Waals surface area (Å²) in [7, 11) is 0. The summed E-state index contributed by atoms with van der Waals surface area (Å²) in [4.78, 5) is 24.7. The molecular weight excluding hydrogens is 298 g/mol. The number of amides is 1. The molecule has 0 aromatic heterocycles. The molecule has 1 aromatic carbocycles. The third-order valence-electron chi connectivity index (χ3n) is 3.74. The molecule has 6 heteroatoms. The van der Waals surface area contributed by atoms with E-state index in [9.17, 15) is 9.59 Å². The van der Waals surface area contributed by atoms with E-state index in [1.54, 1.807) is 0 Å². The van der Waals surface area contributed by atoms with Gasteiger partial charge in [-0.25, -0.2) is 4.79 Å². The van der Waals surface area contributed by atoms with Crippen LogP contribution in [0.4, 0.5) is 0 Å². The predicted molar refractivity (Wildman–Crippen MR) is 84.6 cm³/mol. The largest absolute Gasteiger partial charge is 0.483 e. The fourth-order valence-electron chi connectivity index (χ4n) is 2.47. The van der Waals surface area contributed by atoms with Crippen molar-refractivity contribution in [1.29, 1.82) is 0 Å². The van der Waals surface area contributed by atoms with Crippen LogP contribution in [0.15, 0.2) is 24.3 Å². The van der Waals surface area contributed by atoms with Crippen molar-refractivity contribution in [2.45, 2.75) is 32.3 Å². The number of ether oxygens (including phenoxy) is 2. The SMILES string of the molecule is CC(C)(C)c1ccccc1OCC(=O)N1CCO[C@H](C(=O)O)C1. The first-order chi connectivity index (χ1) is 10.8. The second kappa shape index (κ2) is 7.00. The van der Waals surface area contributed by atoms with Gasteiger partial charge in [-0.05, 0) is 17.0 Å². The summed E-state index contributed by atoms with van der Waals surface area (Å²) in [6.07, 6.45) is -0.963. The Kier molecular flexibility index (Phi) is 5.26. The molecule has 23 heavy (non-hydrogen) atoms. The Hall–Kier alpha value is -2.08. The van der Waals surface area contributed by atoms with E-state index < -0.39 is 12.1 Å². The first kappa shape index (κ1) is 17.3. The third-order valence-corrected chi connectivity index (χ3v) is 3.74. The summed E-state index contributed by atoms with van der Waals surface area (Å²) >= 11 is 0. The predicted octanol–water partition coefficient (Wildman–Crippen LogP) is 1.67. The van der Waals surface area contributed by atoms with Gasteiger partial charge in [-0.1, -0.05) is 39.0 Å². The number of rotatable bonds is 4. The van der Waals surface area contributed by atoms with Crippen LogP contribution in [0.25, 0.3) is 0 Å². The zero-order valence-corrected chi connectivity index (χ0v) is 13.7. The van der Waals surface area contributed by atoms with Crippen molar-refractivity contribution < 1.29 is 24.2 Å². The van der Waals surface area contributed by atoms with E-state index in [-0.39, 0.29) is 31.1 Å². The van der Waals surface area contributed by atoms with Crippen molar-refractivity contribution in [3.8, 4) is 5.75 Å². The Morgan fingerprint density at radius 2 is 2.04 bits per heavy atom. The van der Waals surface area contributed by atoms with Gasteiger partial charge in [-0.3, -0.25) is 4.79 Å². The van der Waals surface area contributed by atoms with E-state index in [0.29, 0.717) is 12.3 Å². The number of para-hydroxylation sites is 1. The number of benzene rings is 1. The molecule has 0 radical (unpaired) electrons. The molecule has 0 aliphatic carbocycles. The van der Waals surface area contributed by atoms with Crippen LogP contribution in [0.5, 0.6) is 5.75 Å². The average Bonchev–Trinajstić information content (AvgIpc) is 2.52. The maximum absolute atomic E-state index is 12.3.